The first kappa shape index (κ1) is 12.3. The van der Waals surface area contributed by atoms with Crippen LogP contribution in [0.15, 0.2) is 0 Å². The van der Waals surface area contributed by atoms with Crippen LogP contribution in [0, 0.1) is 11.8 Å². The van der Waals surface area contributed by atoms with E-state index >= 15 is 0 Å². The fourth-order valence-electron chi connectivity index (χ4n) is 3.22. The molecule has 0 bridgehead atoms. The molecule has 2 rings (SSSR count). The van der Waals surface area contributed by atoms with Crippen LogP contribution < -0.4 is 11.1 Å². The van der Waals surface area contributed by atoms with E-state index < -0.39 is 0 Å². The van der Waals surface area contributed by atoms with Gasteiger partial charge in [-0.05, 0) is 37.5 Å². The monoisotopic (exact) mass is 226 g/mol. The van der Waals surface area contributed by atoms with Crippen molar-refractivity contribution in [1.29, 1.82) is 0 Å². The standard InChI is InChI=1S/C13H26N2O/c1-16-8-7-15-13(10-14)6-2-3-12(9-13)11-4-5-11/h11-12,15H,2-10,14H2,1H3. The molecule has 3 nitrogen and oxygen atoms in total. The number of rotatable bonds is 6. The summed E-state index contributed by atoms with van der Waals surface area (Å²) in [7, 11) is 1.75. The van der Waals surface area contributed by atoms with Crippen molar-refractivity contribution in [2.75, 3.05) is 26.8 Å². The average molecular weight is 226 g/mol. The van der Waals surface area contributed by atoms with Gasteiger partial charge < -0.3 is 15.8 Å². The summed E-state index contributed by atoms with van der Waals surface area (Å²) in [6.07, 6.45) is 8.23. The van der Waals surface area contributed by atoms with Gasteiger partial charge in [-0.25, -0.2) is 0 Å². The highest BCUT2D eigenvalue weighted by atomic mass is 16.5. The van der Waals surface area contributed by atoms with Crippen LogP contribution in [-0.4, -0.2) is 32.3 Å². The molecular weight excluding hydrogens is 200 g/mol. The summed E-state index contributed by atoms with van der Waals surface area (Å²) in [6, 6.07) is 0. The van der Waals surface area contributed by atoms with Crippen LogP contribution >= 0.6 is 0 Å². The molecule has 2 atom stereocenters. The van der Waals surface area contributed by atoms with Crippen LogP contribution in [0.5, 0.6) is 0 Å². The van der Waals surface area contributed by atoms with E-state index in [1.165, 1.54) is 38.5 Å². The van der Waals surface area contributed by atoms with Crippen LogP contribution in [-0.2, 0) is 4.74 Å². The smallest absolute Gasteiger partial charge is 0.0587 e. The van der Waals surface area contributed by atoms with Crippen molar-refractivity contribution < 1.29 is 4.74 Å². The lowest BCUT2D eigenvalue weighted by atomic mass is 9.73. The van der Waals surface area contributed by atoms with Crippen molar-refractivity contribution in [3.8, 4) is 0 Å². The van der Waals surface area contributed by atoms with Crippen molar-refractivity contribution in [2.24, 2.45) is 17.6 Å². The number of nitrogens with two attached hydrogens (primary N) is 1. The van der Waals surface area contributed by atoms with Crippen molar-refractivity contribution in [2.45, 2.75) is 44.1 Å². The molecule has 0 amide bonds. The lowest BCUT2D eigenvalue weighted by Gasteiger charge is -2.41. The van der Waals surface area contributed by atoms with E-state index in [1.807, 2.05) is 0 Å². The topological polar surface area (TPSA) is 47.3 Å². The fraction of sp³-hybridized carbons (Fsp3) is 1.00. The SMILES string of the molecule is COCCNC1(CN)CCCC(C2CC2)C1. The molecule has 16 heavy (non-hydrogen) atoms. The summed E-state index contributed by atoms with van der Waals surface area (Å²) in [4.78, 5) is 0. The number of nitrogens with one attached hydrogen (secondary N) is 1. The Bertz CT molecular complexity index is 218. The maximum atomic E-state index is 6.00. The average Bonchev–Trinajstić information content (AvgIpc) is 3.14. The van der Waals surface area contributed by atoms with Gasteiger partial charge in [-0.3, -0.25) is 0 Å². The second kappa shape index (κ2) is 5.48. The largest absolute Gasteiger partial charge is 0.383 e. The first-order valence-corrected chi connectivity index (χ1v) is 6.74. The Morgan fingerprint density at radius 3 is 2.75 bits per heavy atom. The van der Waals surface area contributed by atoms with E-state index in [1.54, 1.807) is 7.11 Å². The van der Waals surface area contributed by atoms with E-state index in [4.69, 9.17) is 10.5 Å². The number of hydrogen-bond acceptors (Lipinski definition) is 3. The van der Waals surface area contributed by atoms with Crippen LogP contribution in [0.1, 0.15) is 38.5 Å². The predicted octanol–water partition coefficient (Wildman–Crippen LogP) is 1.52. The molecule has 0 radical (unpaired) electrons. The van der Waals surface area contributed by atoms with Gasteiger partial charge in [0.1, 0.15) is 0 Å². The van der Waals surface area contributed by atoms with Crippen molar-refractivity contribution >= 4 is 0 Å². The minimum Gasteiger partial charge on any atom is -0.383 e. The van der Waals surface area contributed by atoms with Gasteiger partial charge in [-0.15, -0.1) is 0 Å². The Labute approximate surface area is 99.1 Å². The molecule has 0 aromatic carbocycles. The highest BCUT2D eigenvalue weighted by Crippen LogP contribution is 2.46. The summed E-state index contributed by atoms with van der Waals surface area (Å²) in [6.45, 7) is 2.50. The normalized spacial score (nSPS) is 35.2. The highest BCUT2D eigenvalue weighted by molar-refractivity contribution is 4.98. The minimum absolute atomic E-state index is 0.212. The maximum absolute atomic E-state index is 6.00. The molecule has 2 saturated carbocycles. The molecule has 0 heterocycles. The first-order chi connectivity index (χ1) is 7.79. The summed E-state index contributed by atoms with van der Waals surface area (Å²) in [5.41, 5.74) is 6.21. The fourth-order valence-corrected chi connectivity index (χ4v) is 3.22. The predicted molar refractivity (Wildman–Crippen MR) is 66.3 cm³/mol. The Hall–Kier alpha value is -0.120. The van der Waals surface area contributed by atoms with E-state index in [-0.39, 0.29) is 5.54 Å². The molecule has 0 saturated heterocycles. The highest BCUT2D eigenvalue weighted by Gasteiger charge is 2.40. The van der Waals surface area contributed by atoms with Crippen LogP contribution in [0.3, 0.4) is 0 Å². The molecule has 0 aromatic heterocycles. The van der Waals surface area contributed by atoms with Gasteiger partial charge in [-0.2, -0.15) is 0 Å². The molecule has 3 heteroatoms. The zero-order valence-corrected chi connectivity index (χ0v) is 10.5. The second-order valence-corrected chi connectivity index (χ2v) is 5.60. The molecule has 0 spiro atoms. The quantitative estimate of drug-likeness (QED) is 0.675. The summed E-state index contributed by atoms with van der Waals surface area (Å²) in [5, 5.41) is 3.65. The lowest BCUT2D eigenvalue weighted by Crippen LogP contribution is -2.55. The number of ether oxygens (including phenoxy) is 1. The maximum Gasteiger partial charge on any atom is 0.0587 e. The van der Waals surface area contributed by atoms with Gasteiger partial charge in [0.05, 0.1) is 6.61 Å². The number of hydrogen-bond donors (Lipinski definition) is 2. The summed E-state index contributed by atoms with van der Waals surface area (Å²) >= 11 is 0. The van der Waals surface area contributed by atoms with Crippen molar-refractivity contribution in [1.82, 2.24) is 5.32 Å². The van der Waals surface area contributed by atoms with Crippen LogP contribution in [0.2, 0.25) is 0 Å². The second-order valence-electron chi connectivity index (χ2n) is 5.60. The van der Waals surface area contributed by atoms with Gasteiger partial charge in [0, 0.05) is 25.7 Å². The summed E-state index contributed by atoms with van der Waals surface area (Å²) in [5.74, 6) is 1.96. The van der Waals surface area contributed by atoms with E-state index in [0.29, 0.717) is 0 Å². The number of methoxy groups -OCH3 is 1. The third-order valence-electron chi connectivity index (χ3n) is 4.37. The molecule has 0 aliphatic heterocycles. The van der Waals surface area contributed by atoms with Gasteiger partial charge >= 0.3 is 0 Å². The van der Waals surface area contributed by atoms with E-state index in [0.717, 1.165) is 31.5 Å². The Morgan fingerprint density at radius 1 is 1.31 bits per heavy atom. The minimum atomic E-state index is 0.212. The Morgan fingerprint density at radius 2 is 2.12 bits per heavy atom. The van der Waals surface area contributed by atoms with E-state index in [2.05, 4.69) is 5.32 Å². The molecule has 0 aromatic rings. The molecule has 94 valence electrons. The molecule has 2 aliphatic carbocycles. The van der Waals surface area contributed by atoms with Gasteiger partial charge in [0.25, 0.3) is 0 Å². The Balaban J connectivity index is 1.85. The first-order valence-electron chi connectivity index (χ1n) is 6.74. The molecular formula is C13H26N2O. The van der Waals surface area contributed by atoms with Crippen molar-refractivity contribution in [3.63, 3.8) is 0 Å². The molecule has 2 unspecified atom stereocenters. The zero-order valence-electron chi connectivity index (χ0n) is 10.5. The lowest BCUT2D eigenvalue weighted by molar-refractivity contribution is 0.143. The molecule has 2 fully saturated rings. The van der Waals surface area contributed by atoms with Gasteiger partial charge in [-0.1, -0.05) is 12.8 Å². The van der Waals surface area contributed by atoms with Crippen molar-refractivity contribution in [3.05, 3.63) is 0 Å². The van der Waals surface area contributed by atoms with Gasteiger partial charge in [0.15, 0.2) is 0 Å². The molecule has 2 aliphatic rings. The molecule has 3 N–H and O–H groups in total. The zero-order chi connectivity index (χ0) is 11.4. The third-order valence-corrected chi connectivity index (χ3v) is 4.37. The summed E-state index contributed by atoms with van der Waals surface area (Å²) < 4.78 is 5.11. The Kier molecular flexibility index (Phi) is 4.22. The van der Waals surface area contributed by atoms with Gasteiger partial charge in [0.2, 0.25) is 0 Å². The third kappa shape index (κ3) is 2.96. The van der Waals surface area contributed by atoms with E-state index in [9.17, 15) is 0 Å². The van der Waals surface area contributed by atoms with Crippen LogP contribution in [0.25, 0.3) is 0 Å². The van der Waals surface area contributed by atoms with Crippen LogP contribution in [0.4, 0.5) is 0 Å².